The molecule has 0 bridgehead atoms. The van der Waals surface area contributed by atoms with Gasteiger partial charge in [-0.3, -0.25) is 0 Å². The standard InChI is InChI=1S/C16H15FN2O/c1-2-11-3-6-16(15(19)7-11)20-10-13-8-14(17)5-4-12(13)9-18/h3-8H,2,10,19H2,1H3. The zero-order valence-electron chi connectivity index (χ0n) is 11.2. The van der Waals surface area contributed by atoms with Crippen molar-refractivity contribution in [2.75, 3.05) is 5.73 Å². The molecule has 0 unspecified atom stereocenters. The van der Waals surface area contributed by atoms with Crippen LogP contribution >= 0.6 is 0 Å². The lowest BCUT2D eigenvalue weighted by Gasteiger charge is -2.11. The minimum atomic E-state index is -0.392. The predicted molar refractivity (Wildman–Crippen MR) is 75.7 cm³/mol. The van der Waals surface area contributed by atoms with Gasteiger partial charge in [-0.05, 0) is 42.3 Å². The Labute approximate surface area is 117 Å². The van der Waals surface area contributed by atoms with Crippen molar-refractivity contribution in [1.82, 2.24) is 0 Å². The molecular formula is C16H15FN2O. The second-order valence-corrected chi connectivity index (χ2v) is 4.43. The van der Waals surface area contributed by atoms with E-state index in [-0.39, 0.29) is 6.61 Å². The van der Waals surface area contributed by atoms with Crippen LogP contribution in [-0.4, -0.2) is 0 Å². The van der Waals surface area contributed by atoms with Gasteiger partial charge < -0.3 is 10.5 Å². The number of anilines is 1. The van der Waals surface area contributed by atoms with Crippen LogP contribution in [0.3, 0.4) is 0 Å². The second-order valence-electron chi connectivity index (χ2n) is 4.43. The van der Waals surface area contributed by atoms with Gasteiger partial charge in [0.1, 0.15) is 18.2 Å². The fourth-order valence-corrected chi connectivity index (χ4v) is 1.90. The molecule has 0 saturated carbocycles. The van der Waals surface area contributed by atoms with Gasteiger partial charge in [-0.25, -0.2) is 4.39 Å². The Balaban J connectivity index is 2.17. The molecule has 20 heavy (non-hydrogen) atoms. The Morgan fingerprint density at radius 3 is 2.70 bits per heavy atom. The van der Waals surface area contributed by atoms with E-state index in [0.717, 1.165) is 12.0 Å². The molecule has 0 aromatic heterocycles. The molecule has 0 spiro atoms. The Morgan fingerprint density at radius 2 is 2.05 bits per heavy atom. The molecule has 0 aliphatic heterocycles. The third-order valence-corrected chi connectivity index (χ3v) is 3.05. The molecule has 2 aromatic carbocycles. The molecule has 0 aliphatic carbocycles. The number of aryl methyl sites for hydroxylation is 1. The van der Waals surface area contributed by atoms with Crippen LogP contribution in [0.15, 0.2) is 36.4 Å². The summed E-state index contributed by atoms with van der Waals surface area (Å²) in [5.74, 6) is 0.146. The van der Waals surface area contributed by atoms with E-state index in [1.165, 1.54) is 18.2 Å². The van der Waals surface area contributed by atoms with E-state index in [0.29, 0.717) is 22.6 Å². The van der Waals surface area contributed by atoms with Crippen molar-refractivity contribution in [2.24, 2.45) is 0 Å². The second kappa shape index (κ2) is 6.07. The maximum atomic E-state index is 13.2. The van der Waals surface area contributed by atoms with E-state index < -0.39 is 5.82 Å². The van der Waals surface area contributed by atoms with E-state index in [9.17, 15) is 4.39 Å². The van der Waals surface area contributed by atoms with E-state index in [1.807, 2.05) is 25.1 Å². The van der Waals surface area contributed by atoms with Gasteiger partial charge in [0.05, 0.1) is 17.3 Å². The first kappa shape index (κ1) is 13.9. The predicted octanol–water partition coefficient (Wildman–Crippen LogP) is 3.42. The summed E-state index contributed by atoms with van der Waals surface area (Å²) >= 11 is 0. The number of nitriles is 1. The van der Waals surface area contributed by atoms with Crippen LogP contribution in [0.2, 0.25) is 0 Å². The molecule has 0 amide bonds. The fraction of sp³-hybridized carbons (Fsp3) is 0.188. The Bertz CT molecular complexity index is 662. The SMILES string of the molecule is CCc1ccc(OCc2cc(F)ccc2C#N)c(N)c1. The van der Waals surface area contributed by atoms with E-state index in [4.69, 9.17) is 15.7 Å². The highest BCUT2D eigenvalue weighted by Gasteiger charge is 2.07. The first-order valence-corrected chi connectivity index (χ1v) is 6.33. The van der Waals surface area contributed by atoms with Gasteiger partial charge in [0, 0.05) is 5.56 Å². The summed E-state index contributed by atoms with van der Waals surface area (Å²) in [7, 11) is 0. The number of halogens is 1. The number of nitrogens with two attached hydrogens (primary N) is 1. The molecule has 0 fully saturated rings. The summed E-state index contributed by atoms with van der Waals surface area (Å²) in [5.41, 5.74) is 8.47. The largest absolute Gasteiger partial charge is 0.487 e. The van der Waals surface area contributed by atoms with Crippen molar-refractivity contribution in [3.05, 3.63) is 58.9 Å². The van der Waals surface area contributed by atoms with Gasteiger partial charge in [-0.1, -0.05) is 13.0 Å². The Morgan fingerprint density at radius 1 is 1.25 bits per heavy atom. The van der Waals surface area contributed by atoms with Crippen molar-refractivity contribution < 1.29 is 9.13 Å². The number of hydrogen-bond acceptors (Lipinski definition) is 3. The van der Waals surface area contributed by atoms with Crippen LogP contribution in [0, 0.1) is 17.1 Å². The van der Waals surface area contributed by atoms with Gasteiger partial charge in [0.2, 0.25) is 0 Å². The van der Waals surface area contributed by atoms with Crippen LogP contribution < -0.4 is 10.5 Å². The van der Waals surface area contributed by atoms with Gasteiger partial charge in [0.15, 0.2) is 0 Å². The number of hydrogen-bond donors (Lipinski definition) is 1. The number of nitrogen functional groups attached to an aromatic ring is 1. The number of nitrogens with zero attached hydrogens (tertiary/aromatic N) is 1. The fourth-order valence-electron chi connectivity index (χ4n) is 1.90. The number of ether oxygens (including phenoxy) is 1. The lowest BCUT2D eigenvalue weighted by Crippen LogP contribution is -2.02. The quantitative estimate of drug-likeness (QED) is 0.866. The monoisotopic (exact) mass is 270 g/mol. The summed E-state index contributed by atoms with van der Waals surface area (Å²) in [6.45, 7) is 2.15. The van der Waals surface area contributed by atoms with E-state index in [1.54, 1.807) is 6.07 Å². The van der Waals surface area contributed by atoms with Crippen molar-refractivity contribution in [2.45, 2.75) is 20.0 Å². The van der Waals surface area contributed by atoms with E-state index in [2.05, 4.69) is 0 Å². The van der Waals surface area contributed by atoms with Crippen LogP contribution in [0.25, 0.3) is 0 Å². The molecule has 3 nitrogen and oxygen atoms in total. The molecule has 2 aromatic rings. The topological polar surface area (TPSA) is 59.0 Å². The highest BCUT2D eigenvalue weighted by Crippen LogP contribution is 2.24. The average Bonchev–Trinajstić information content (AvgIpc) is 2.46. The molecule has 2 rings (SSSR count). The molecule has 4 heteroatoms. The van der Waals surface area contributed by atoms with Crippen LogP contribution in [0.4, 0.5) is 10.1 Å². The maximum Gasteiger partial charge on any atom is 0.142 e. The van der Waals surface area contributed by atoms with Gasteiger partial charge in [0.25, 0.3) is 0 Å². The normalized spacial score (nSPS) is 10.1. The lowest BCUT2D eigenvalue weighted by molar-refractivity contribution is 0.307. The molecule has 0 heterocycles. The zero-order chi connectivity index (χ0) is 14.5. The molecular weight excluding hydrogens is 255 g/mol. The molecule has 0 atom stereocenters. The third-order valence-electron chi connectivity index (χ3n) is 3.05. The summed E-state index contributed by atoms with van der Waals surface area (Å²) in [6, 6.07) is 11.6. The van der Waals surface area contributed by atoms with E-state index >= 15 is 0 Å². The highest BCUT2D eigenvalue weighted by atomic mass is 19.1. The van der Waals surface area contributed by atoms with Crippen LogP contribution in [0.1, 0.15) is 23.6 Å². The maximum absolute atomic E-state index is 13.2. The number of benzene rings is 2. The summed E-state index contributed by atoms with van der Waals surface area (Å²) in [5, 5.41) is 8.98. The summed E-state index contributed by atoms with van der Waals surface area (Å²) < 4.78 is 18.8. The van der Waals surface area contributed by atoms with Gasteiger partial charge in [-0.15, -0.1) is 0 Å². The molecule has 2 N–H and O–H groups in total. The van der Waals surface area contributed by atoms with Crippen molar-refractivity contribution in [3.63, 3.8) is 0 Å². The molecule has 0 saturated heterocycles. The zero-order valence-corrected chi connectivity index (χ0v) is 11.2. The smallest absolute Gasteiger partial charge is 0.142 e. The molecule has 0 aliphatic rings. The van der Waals surface area contributed by atoms with Crippen LogP contribution in [0.5, 0.6) is 5.75 Å². The Kier molecular flexibility index (Phi) is 4.21. The summed E-state index contributed by atoms with van der Waals surface area (Å²) in [6.07, 6.45) is 0.896. The Hall–Kier alpha value is -2.54. The first-order chi connectivity index (χ1) is 9.63. The van der Waals surface area contributed by atoms with Crippen molar-refractivity contribution in [1.29, 1.82) is 5.26 Å². The minimum absolute atomic E-state index is 0.107. The number of rotatable bonds is 4. The average molecular weight is 270 g/mol. The lowest BCUT2D eigenvalue weighted by atomic mass is 10.1. The third kappa shape index (κ3) is 3.07. The molecule has 0 radical (unpaired) electrons. The van der Waals surface area contributed by atoms with Crippen LogP contribution in [-0.2, 0) is 13.0 Å². The molecule has 102 valence electrons. The van der Waals surface area contributed by atoms with Crippen molar-refractivity contribution >= 4 is 5.69 Å². The first-order valence-electron chi connectivity index (χ1n) is 6.33. The highest BCUT2D eigenvalue weighted by molar-refractivity contribution is 5.54. The minimum Gasteiger partial charge on any atom is -0.487 e. The van der Waals surface area contributed by atoms with Gasteiger partial charge in [-0.2, -0.15) is 5.26 Å². The van der Waals surface area contributed by atoms with Crippen molar-refractivity contribution in [3.8, 4) is 11.8 Å². The summed E-state index contributed by atoms with van der Waals surface area (Å²) in [4.78, 5) is 0. The van der Waals surface area contributed by atoms with Gasteiger partial charge >= 0.3 is 0 Å².